The molecule has 0 fully saturated rings. The molecule has 1 aromatic carbocycles. The average Bonchev–Trinajstić information content (AvgIpc) is 2.36. The maximum atomic E-state index is 12.0. The first-order valence-corrected chi connectivity index (χ1v) is 5.92. The summed E-state index contributed by atoms with van der Waals surface area (Å²) < 4.78 is 15.5. The van der Waals surface area contributed by atoms with Crippen molar-refractivity contribution >= 4 is 10.8 Å². The van der Waals surface area contributed by atoms with E-state index in [9.17, 15) is 9.90 Å². The van der Waals surface area contributed by atoms with Crippen LogP contribution in [0.4, 0.5) is 0 Å². The van der Waals surface area contributed by atoms with Gasteiger partial charge in [0.2, 0.25) is 0 Å². The smallest absolute Gasteiger partial charge is 0.347 e. The van der Waals surface area contributed by atoms with Gasteiger partial charge in [0.25, 0.3) is 0 Å². The molecule has 2 aromatic rings. The van der Waals surface area contributed by atoms with Gasteiger partial charge in [-0.25, -0.2) is 4.79 Å². The van der Waals surface area contributed by atoms with Crippen LogP contribution in [0.2, 0.25) is 0 Å². The molecule has 1 N–H and O–H groups in total. The van der Waals surface area contributed by atoms with E-state index in [4.69, 9.17) is 13.9 Å². The first-order valence-electron chi connectivity index (χ1n) is 5.92. The topological polar surface area (TPSA) is 68.9 Å². The van der Waals surface area contributed by atoms with Crippen molar-refractivity contribution in [3.63, 3.8) is 0 Å². The molecule has 2 rings (SSSR count). The van der Waals surface area contributed by atoms with Crippen LogP contribution in [0, 0.1) is 0 Å². The highest BCUT2D eigenvalue weighted by atomic mass is 16.5. The van der Waals surface area contributed by atoms with Gasteiger partial charge in [-0.1, -0.05) is 0 Å². The number of hydrogen-bond acceptors (Lipinski definition) is 5. The molecular weight excluding hydrogens is 248 g/mol. The van der Waals surface area contributed by atoms with Crippen molar-refractivity contribution in [2.45, 2.75) is 19.4 Å². The van der Waals surface area contributed by atoms with Crippen LogP contribution in [0.1, 0.15) is 12.7 Å². The number of fused-ring (bicyclic) bond motifs is 1. The molecule has 0 saturated heterocycles. The van der Waals surface area contributed by atoms with Gasteiger partial charge < -0.3 is 19.0 Å². The van der Waals surface area contributed by atoms with Gasteiger partial charge in [0.1, 0.15) is 22.6 Å². The lowest BCUT2D eigenvalue weighted by atomic mass is 10.1. The average molecular weight is 264 g/mol. The second kappa shape index (κ2) is 5.32. The molecule has 0 saturated carbocycles. The van der Waals surface area contributed by atoms with Gasteiger partial charge >= 0.3 is 5.63 Å². The number of rotatable bonds is 4. The maximum Gasteiger partial charge on any atom is 0.347 e. The number of methoxy groups -OCH3 is 2. The van der Waals surface area contributed by atoms with E-state index >= 15 is 0 Å². The highest BCUT2D eigenvalue weighted by molar-refractivity contribution is 5.88. The van der Waals surface area contributed by atoms with E-state index in [1.165, 1.54) is 7.11 Å². The molecule has 19 heavy (non-hydrogen) atoms. The van der Waals surface area contributed by atoms with Crippen molar-refractivity contribution in [1.29, 1.82) is 0 Å². The Balaban J connectivity index is 2.69. The van der Waals surface area contributed by atoms with E-state index in [-0.39, 0.29) is 6.42 Å². The summed E-state index contributed by atoms with van der Waals surface area (Å²) in [5, 5.41) is 10.4. The third-order valence-electron chi connectivity index (χ3n) is 2.80. The van der Waals surface area contributed by atoms with Crippen LogP contribution in [0.5, 0.6) is 11.5 Å². The van der Waals surface area contributed by atoms with Crippen LogP contribution in [0.3, 0.4) is 0 Å². The lowest BCUT2D eigenvalue weighted by molar-refractivity contribution is 0.186. The van der Waals surface area contributed by atoms with Crippen LogP contribution in [-0.2, 0) is 6.42 Å². The second-order valence-electron chi connectivity index (χ2n) is 4.35. The van der Waals surface area contributed by atoms with Crippen LogP contribution in [0.25, 0.3) is 10.8 Å². The number of benzene rings is 1. The van der Waals surface area contributed by atoms with Crippen molar-refractivity contribution in [2.24, 2.45) is 0 Å². The molecule has 0 amide bonds. The Morgan fingerprint density at radius 3 is 2.58 bits per heavy atom. The van der Waals surface area contributed by atoms with Crippen molar-refractivity contribution in [2.75, 3.05) is 14.2 Å². The minimum absolute atomic E-state index is 0.282. The quantitative estimate of drug-likeness (QED) is 0.910. The van der Waals surface area contributed by atoms with E-state index in [2.05, 4.69) is 0 Å². The third kappa shape index (κ3) is 2.71. The standard InChI is InChI=1S/C14H16O5/c1-8(15)4-11-6-9-5-10(17-2)7-12(18-3)13(9)14(16)19-11/h5-8,15H,4H2,1-3H3. The van der Waals surface area contributed by atoms with Gasteiger partial charge in [-0.15, -0.1) is 0 Å². The maximum absolute atomic E-state index is 12.0. The van der Waals surface area contributed by atoms with E-state index < -0.39 is 11.7 Å². The van der Waals surface area contributed by atoms with Crippen molar-refractivity contribution in [1.82, 2.24) is 0 Å². The molecule has 0 aliphatic carbocycles. The van der Waals surface area contributed by atoms with Crippen molar-refractivity contribution in [3.05, 3.63) is 34.4 Å². The molecule has 0 aliphatic heterocycles. The molecule has 0 radical (unpaired) electrons. The normalized spacial score (nSPS) is 12.4. The van der Waals surface area contributed by atoms with E-state index in [0.717, 1.165) is 0 Å². The first kappa shape index (κ1) is 13.4. The summed E-state index contributed by atoms with van der Waals surface area (Å²) in [6.07, 6.45) is -0.293. The summed E-state index contributed by atoms with van der Waals surface area (Å²) in [5.41, 5.74) is -0.479. The van der Waals surface area contributed by atoms with E-state index in [1.54, 1.807) is 32.2 Å². The summed E-state index contributed by atoms with van der Waals surface area (Å²) in [6, 6.07) is 5.09. The molecule has 0 aliphatic rings. The minimum Gasteiger partial charge on any atom is -0.497 e. The van der Waals surface area contributed by atoms with Crippen LogP contribution >= 0.6 is 0 Å². The molecule has 1 unspecified atom stereocenters. The molecule has 5 nitrogen and oxygen atoms in total. The van der Waals surface area contributed by atoms with Crippen LogP contribution in [-0.4, -0.2) is 25.4 Å². The Labute approximate surface area is 110 Å². The second-order valence-corrected chi connectivity index (χ2v) is 4.35. The first-order chi connectivity index (χ1) is 9.05. The van der Waals surface area contributed by atoms with Gasteiger partial charge in [0, 0.05) is 12.5 Å². The van der Waals surface area contributed by atoms with Gasteiger partial charge in [-0.3, -0.25) is 0 Å². The largest absolute Gasteiger partial charge is 0.497 e. The Morgan fingerprint density at radius 1 is 1.26 bits per heavy atom. The Kier molecular flexibility index (Phi) is 3.76. The summed E-state index contributed by atoms with van der Waals surface area (Å²) in [6.45, 7) is 1.64. The monoisotopic (exact) mass is 264 g/mol. The van der Waals surface area contributed by atoms with Gasteiger partial charge in [0.05, 0.1) is 20.3 Å². The van der Waals surface area contributed by atoms with E-state index in [1.807, 2.05) is 0 Å². The van der Waals surface area contributed by atoms with Gasteiger partial charge in [0.15, 0.2) is 0 Å². The minimum atomic E-state index is -0.576. The van der Waals surface area contributed by atoms with Crippen LogP contribution < -0.4 is 15.1 Å². The molecule has 1 aromatic heterocycles. The SMILES string of the molecule is COc1cc(OC)c2c(=O)oc(CC(C)O)cc2c1. The molecular formula is C14H16O5. The summed E-state index contributed by atoms with van der Waals surface area (Å²) in [4.78, 5) is 12.0. The highest BCUT2D eigenvalue weighted by Crippen LogP contribution is 2.29. The predicted octanol–water partition coefficient (Wildman–Crippen LogP) is 1.73. The molecule has 1 atom stereocenters. The zero-order chi connectivity index (χ0) is 14.0. The van der Waals surface area contributed by atoms with Crippen LogP contribution in [0.15, 0.2) is 27.4 Å². The predicted molar refractivity (Wildman–Crippen MR) is 71.0 cm³/mol. The highest BCUT2D eigenvalue weighted by Gasteiger charge is 2.13. The molecule has 0 spiro atoms. The Morgan fingerprint density at radius 2 is 2.00 bits per heavy atom. The number of aliphatic hydroxyl groups is 1. The molecule has 102 valence electrons. The Hall–Kier alpha value is -2.01. The molecule has 5 heteroatoms. The fourth-order valence-electron chi connectivity index (χ4n) is 1.99. The summed E-state index contributed by atoms with van der Waals surface area (Å²) >= 11 is 0. The Bertz CT molecular complexity index is 642. The fourth-order valence-corrected chi connectivity index (χ4v) is 1.99. The molecule has 0 bridgehead atoms. The zero-order valence-corrected chi connectivity index (χ0v) is 11.1. The lowest BCUT2D eigenvalue weighted by Crippen LogP contribution is -2.09. The molecule has 1 heterocycles. The number of aliphatic hydroxyl groups excluding tert-OH is 1. The lowest BCUT2D eigenvalue weighted by Gasteiger charge is -2.09. The van der Waals surface area contributed by atoms with Gasteiger partial charge in [-0.2, -0.15) is 0 Å². The third-order valence-corrected chi connectivity index (χ3v) is 2.80. The van der Waals surface area contributed by atoms with Crippen molar-refractivity contribution in [3.8, 4) is 11.5 Å². The summed E-state index contributed by atoms with van der Waals surface area (Å²) in [7, 11) is 3.03. The number of hydrogen-bond donors (Lipinski definition) is 1. The van der Waals surface area contributed by atoms with Gasteiger partial charge in [-0.05, 0) is 24.4 Å². The fraction of sp³-hybridized carbons (Fsp3) is 0.357. The van der Waals surface area contributed by atoms with E-state index in [0.29, 0.717) is 28.0 Å². The zero-order valence-electron chi connectivity index (χ0n) is 11.1. The van der Waals surface area contributed by atoms with Crippen molar-refractivity contribution < 1.29 is 19.0 Å². The number of ether oxygens (including phenoxy) is 2. The summed E-state index contributed by atoms with van der Waals surface area (Å²) in [5.74, 6) is 1.44.